The van der Waals surface area contributed by atoms with Crippen LogP contribution in [0.2, 0.25) is 0 Å². The third kappa shape index (κ3) is 3.80. The molecule has 3 N–H and O–H groups in total. The number of aryl methyl sites for hydroxylation is 1. The summed E-state index contributed by atoms with van der Waals surface area (Å²) < 4.78 is 4.39. The van der Waals surface area contributed by atoms with E-state index in [0.717, 1.165) is 13.2 Å². The standard InChI is InChI=1S/C12H13N3O5/c1-7-3-4-8(15(18)19)5-9(7)14-10(12(13)17)6-11(16)20-2/h3-6,14H,1-2H3,(H2,13,17)/b10-6-. The van der Waals surface area contributed by atoms with Gasteiger partial charge in [0, 0.05) is 17.8 Å². The minimum Gasteiger partial charge on any atom is -0.466 e. The van der Waals surface area contributed by atoms with Gasteiger partial charge in [0.2, 0.25) is 0 Å². The van der Waals surface area contributed by atoms with Crippen molar-refractivity contribution in [3.05, 3.63) is 45.6 Å². The summed E-state index contributed by atoms with van der Waals surface area (Å²) in [4.78, 5) is 32.5. The normalized spacial score (nSPS) is 10.8. The van der Waals surface area contributed by atoms with E-state index in [4.69, 9.17) is 5.73 Å². The zero-order chi connectivity index (χ0) is 15.3. The summed E-state index contributed by atoms with van der Waals surface area (Å²) in [6, 6.07) is 4.08. The number of carbonyl (C=O) groups excluding carboxylic acids is 2. The van der Waals surface area contributed by atoms with Crippen LogP contribution in [0.25, 0.3) is 0 Å². The van der Waals surface area contributed by atoms with Crippen molar-refractivity contribution in [2.45, 2.75) is 6.92 Å². The molecule has 1 rings (SSSR count). The highest BCUT2D eigenvalue weighted by Gasteiger charge is 2.13. The van der Waals surface area contributed by atoms with Gasteiger partial charge in [-0.25, -0.2) is 4.79 Å². The third-order valence-corrected chi connectivity index (χ3v) is 2.43. The van der Waals surface area contributed by atoms with Crippen LogP contribution in [0.1, 0.15) is 5.56 Å². The number of hydrogen-bond acceptors (Lipinski definition) is 6. The molecule has 1 aromatic rings. The maximum Gasteiger partial charge on any atom is 0.332 e. The van der Waals surface area contributed by atoms with Crippen molar-refractivity contribution in [1.82, 2.24) is 0 Å². The molecule has 8 heteroatoms. The first-order chi connectivity index (χ1) is 9.35. The number of nitro groups is 1. The fourth-order valence-electron chi connectivity index (χ4n) is 1.35. The maximum absolute atomic E-state index is 11.2. The molecule has 0 fully saturated rings. The van der Waals surface area contributed by atoms with Crippen molar-refractivity contribution in [3.8, 4) is 0 Å². The lowest BCUT2D eigenvalue weighted by atomic mass is 10.1. The van der Waals surface area contributed by atoms with Crippen molar-refractivity contribution < 1.29 is 19.2 Å². The number of methoxy groups -OCH3 is 1. The van der Waals surface area contributed by atoms with E-state index in [9.17, 15) is 19.7 Å². The molecule has 0 aliphatic rings. The first-order valence-electron chi connectivity index (χ1n) is 5.46. The summed E-state index contributed by atoms with van der Waals surface area (Å²) in [5, 5.41) is 13.3. The van der Waals surface area contributed by atoms with Gasteiger partial charge in [-0.05, 0) is 12.5 Å². The van der Waals surface area contributed by atoms with Gasteiger partial charge in [0.05, 0.1) is 18.1 Å². The van der Waals surface area contributed by atoms with Crippen LogP contribution in [-0.4, -0.2) is 23.9 Å². The van der Waals surface area contributed by atoms with Gasteiger partial charge in [0.15, 0.2) is 0 Å². The number of hydrogen-bond donors (Lipinski definition) is 2. The summed E-state index contributed by atoms with van der Waals surface area (Å²) in [6.07, 6.45) is 0.876. The zero-order valence-electron chi connectivity index (χ0n) is 10.9. The Morgan fingerprint density at radius 2 is 2.10 bits per heavy atom. The number of nitrogens with two attached hydrogens (primary N) is 1. The molecule has 0 aliphatic heterocycles. The molecule has 0 radical (unpaired) electrons. The highest BCUT2D eigenvalue weighted by molar-refractivity contribution is 6.01. The molecular formula is C12H13N3O5. The van der Waals surface area contributed by atoms with Crippen LogP contribution >= 0.6 is 0 Å². The fourth-order valence-corrected chi connectivity index (χ4v) is 1.35. The quantitative estimate of drug-likeness (QED) is 0.356. The largest absolute Gasteiger partial charge is 0.466 e. The number of primary amides is 1. The van der Waals surface area contributed by atoms with Crippen LogP contribution in [0.15, 0.2) is 30.0 Å². The van der Waals surface area contributed by atoms with Crippen LogP contribution < -0.4 is 11.1 Å². The molecule has 0 aromatic heterocycles. The maximum atomic E-state index is 11.2. The van der Waals surface area contributed by atoms with E-state index >= 15 is 0 Å². The van der Waals surface area contributed by atoms with E-state index in [1.807, 2.05) is 0 Å². The van der Waals surface area contributed by atoms with Crippen LogP contribution in [-0.2, 0) is 14.3 Å². The second-order valence-electron chi connectivity index (χ2n) is 3.83. The molecule has 0 atom stereocenters. The van der Waals surface area contributed by atoms with Gasteiger partial charge in [0.1, 0.15) is 5.70 Å². The summed E-state index contributed by atoms with van der Waals surface area (Å²) in [5.74, 6) is -1.66. The molecular weight excluding hydrogens is 266 g/mol. The summed E-state index contributed by atoms with van der Waals surface area (Å²) in [7, 11) is 1.15. The monoisotopic (exact) mass is 279 g/mol. The summed E-state index contributed by atoms with van der Waals surface area (Å²) >= 11 is 0. The molecule has 0 bridgehead atoms. The van der Waals surface area contributed by atoms with E-state index in [0.29, 0.717) is 11.3 Å². The number of carbonyl (C=O) groups is 2. The van der Waals surface area contributed by atoms with Crippen LogP contribution in [0, 0.1) is 17.0 Å². The van der Waals surface area contributed by atoms with Crippen molar-refractivity contribution in [1.29, 1.82) is 0 Å². The molecule has 0 heterocycles. The molecule has 1 aromatic carbocycles. The van der Waals surface area contributed by atoms with Crippen LogP contribution in [0.4, 0.5) is 11.4 Å². The number of ether oxygens (including phenoxy) is 1. The third-order valence-electron chi connectivity index (χ3n) is 2.43. The number of nitrogens with zero attached hydrogens (tertiary/aromatic N) is 1. The van der Waals surface area contributed by atoms with E-state index < -0.39 is 16.8 Å². The Hall–Kier alpha value is -2.90. The lowest BCUT2D eigenvalue weighted by Crippen LogP contribution is -2.21. The number of esters is 1. The Kier molecular flexibility index (Phi) is 4.79. The minimum absolute atomic E-state index is 0.153. The van der Waals surface area contributed by atoms with Gasteiger partial charge < -0.3 is 15.8 Å². The topological polar surface area (TPSA) is 125 Å². The first-order valence-corrected chi connectivity index (χ1v) is 5.46. The molecule has 8 nitrogen and oxygen atoms in total. The number of nitrogens with one attached hydrogen (secondary N) is 1. The molecule has 0 saturated carbocycles. The molecule has 0 spiro atoms. The number of nitro benzene ring substituents is 1. The first kappa shape index (κ1) is 15.2. The van der Waals surface area contributed by atoms with Crippen molar-refractivity contribution in [2.24, 2.45) is 5.73 Å². The van der Waals surface area contributed by atoms with Gasteiger partial charge in [-0.3, -0.25) is 14.9 Å². The lowest BCUT2D eigenvalue weighted by molar-refractivity contribution is -0.384. The van der Waals surface area contributed by atoms with E-state index in [-0.39, 0.29) is 11.4 Å². The Balaban J connectivity index is 3.14. The number of benzene rings is 1. The summed E-state index contributed by atoms with van der Waals surface area (Å²) in [6.45, 7) is 1.68. The van der Waals surface area contributed by atoms with Crippen LogP contribution in [0.3, 0.4) is 0 Å². The highest BCUT2D eigenvalue weighted by atomic mass is 16.6. The highest BCUT2D eigenvalue weighted by Crippen LogP contribution is 2.23. The van der Waals surface area contributed by atoms with Crippen molar-refractivity contribution >= 4 is 23.3 Å². The average molecular weight is 279 g/mol. The van der Waals surface area contributed by atoms with E-state index in [1.165, 1.54) is 18.2 Å². The van der Waals surface area contributed by atoms with Gasteiger partial charge in [-0.1, -0.05) is 6.07 Å². The molecule has 20 heavy (non-hydrogen) atoms. The van der Waals surface area contributed by atoms with Crippen molar-refractivity contribution in [2.75, 3.05) is 12.4 Å². The number of amides is 1. The summed E-state index contributed by atoms with van der Waals surface area (Å²) in [5.41, 5.74) is 5.69. The van der Waals surface area contributed by atoms with Gasteiger partial charge >= 0.3 is 5.97 Å². The van der Waals surface area contributed by atoms with Crippen LogP contribution in [0.5, 0.6) is 0 Å². The zero-order valence-corrected chi connectivity index (χ0v) is 10.9. The molecule has 0 unspecified atom stereocenters. The van der Waals surface area contributed by atoms with E-state index in [2.05, 4.69) is 10.1 Å². The predicted molar refractivity (Wildman–Crippen MR) is 70.7 cm³/mol. The molecule has 0 aliphatic carbocycles. The second-order valence-corrected chi connectivity index (χ2v) is 3.83. The molecule has 1 amide bonds. The van der Waals surface area contributed by atoms with Crippen molar-refractivity contribution in [3.63, 3.8) is 0 Å². The fraction of sp³-hybridized carbons (Fsp3) is 0.167. The van der Waals surface area contributed by atoms with Gasteiger partial charge in [-0.15, -0.1) is 0 Å². The number of rotatable bonds is 5. The van der Waals surface area contributed by atoms with Gasteiger partial charge in [0.25, 0.3) is 11.6 Å². The predicted octanol–water partition coefficient (Wildman–Crippen LogP) is 0.857. The number of non-ortho nitro benzene ring substituents is 1. The lowest BCUT2D eigenvalue weighted by Gasteiger charge is -2.10. The van der Waals surface area contributed by atoms with Gasteiger partial charge in [-0.2, -0.15) is 0 Å². The smallest absolute Gasteiger partial charge is 0.332 e. The number of anilines is 1. The SMILES string of the molecule is COC(=O)/C=C(\Nc1cc([N+](=O)[O-])ccc1C)C(N)=O. The Bertz CT molecular complexity index is 595. The Labute approximate surface area is 114 Å². The molecule has 0 saturated heterocycles. The Morgan fingerprint density at radius 1 is 1.45 bits per heavy atom. The molecule has 106 valence electrons. The average Bonchev–Trinajstić information content (AvgIpc) is 2.39. The minimum atomic E-state index is -0.888. The Morgan fingerprint density at radius 3 is 2.60 bits per heavy atom. The second kappa shape index (κ2) is 6.32. The van der Waals surface area contributed by atoms with E-state index in [1.54, 1.807) is 6.92 Å².